The van der Waals surface area contributed by atoms with Gasteiger partial charge >= 0.3 is 0 Å². The zero-order valence-corrected chi connectivity index (χ0v) is 16.3. The minimum Gasteiger partial charge on any atom is -0.497 e. The van der Waals surface area contributed by atoms with Crippen molar-refractivity contribution >= 4 is 21.9 Å². The number of hydrogen-bond donors (Lipinski definition) is 1. The number of benzene rings is 2. The van der Waals surface area contributed by atoms with Gasteiger partial charge in [-0.3, -0.25) is 0 Å². The Kier molecular flexibility index (Phi) is 4.98. The van der Waals surface area contributed by atoms with Crippen molar-refractivity contribution in [3.05, 3.63) is 54.2 Å². The number of rotatable bonds is 6. The molecular weight excluding hydrogens is 352 g/mol. The fourth-order valence-electron chi connectivity index (χ4n) is 3.52. The van der Waals surface area contributed by atoms with Crippen molar-refractivity contribution in [3.63, 3.8) is 0 Å². The van der Waals surface area contributed by atoms with Gasteiger partial charge in [-0.2, -0.15) is 0 Å². The second-order valence-electron chi connectivity index (χ2n) is 7.02. The van der Waals surface area contributed by atoms with E-state index in [9.17, 15) is 0 Å². The molecule has 1 unspecified atom stereocenters. The van der Waals surface area contributed by atoms with Crippen molar-refractivity contribution in [2.24, 2.45) is 5.73 Å². The van der Waals surface area contributed by atoms with Crippen LogP contribution in [-0.4, -0.2) is 42.6 Å². The average Bonchev–Trinajstić information content (AvgIpc) is 3.14. The minimum atomic E-state index is 0.0983. The third-order valence-corrected chi connectivity index (χ3v) is 4.96. The summed E-state index contributed by atoms with van der Waals surface area (Å²) in [5.74, 6) is 2.00. The van der Waals surface area contributed by atoms with E-state index < -0.39 is 0 Å². The summed E-state index contributed by atoms with van der Waals surface area (Å²) < 4.78 is 11.3. The Hall–Kier alpha value is -2.96. The summed E-state index contributed by atoms with van der Waals surface area (Å²) in [4.78, 5) is 11.8. The van der Waals surface area contributed by atoms with E-state index in [1.807, 2.05) is 56.6 Å². The van der Waals surface area contributed by atoms with Crippen LogP contribution in [0.4, 0.5) is 0 Å². The maximum Gasteiger partial charge on any atom is 0.196 e. The summed E-state index contributed by atoms with van der Waals surface area (Å²) in [5, 5.41) is 2.00. The molecule has 2 heterocycles. The molecule has 4 rings (SSSR count). The topological polar surface area (TPSA) is 77.4 Å². The van der Waals surface area contributed by atoms with E-state index in [2.05, 4.69) is 11.0 Å². The number of aromatic nitrogens is 2. The molecule has 0 saturated heterocycles. The molecule has 0 saturated carbocycles. The standard InChI is InChI=1S/C22H24N4O2/c1-26(2)18(10-11-23)21-16-6-4-5-7-17(16)24-22(25-21)20-13-14-12-15(27-3)8-9-19(14)28-20/h4-9,12-13,18H,10-11,23H2,1-3H3. The summed E-state index contributed by atoms with van der Waals surface area (Å²) in [6, 6.07) is 15.8. The quantitative estimate of drug-likeness (QED) is 0.548. The highest BCUT2D eigenvalue weighted by Crippen LogP contribution is 2.32. The van der Waals surface area contributed by atoms with Gasteiger partial charge in [-0.25, -0.2) is 9.97 Å². The van der Waals surface area contributed by atoms with Crippen LogP contribution >= 0.6 is 0 Å². The van der Waals surface area contributed by atoms with Crippen LogP contribution in [0.3, 0.4) is 0 Å². The molecule has 0 bridgehead atoms. The van der Waals surface area contributed by atoms with Gasteiger partial charge in [0.2, 0.25) is 0 Å². The number of fused-ring (bicyclic) bond motifs is 2. The lowest BCUT2D eigenvalue weighted by Crippen LogP contribution is -2.24. The van der Waals surface area contributed by atoms with E-state index >= 15 is 0 Å². The predicted octanol–water partition coefficient (Wildman–Crippen LogP) is 4.00. The lowest BCUT2D eigenvalue weighted by Gasteiger charge is -2.24. The molecule has 2 aromatic heterocycles. The van der Waals surface area contributed by atoms with Crippen LogP contribution in [0.5, 0.6) is 5.75 Å². The van der Waals surface area contributed by atoms with Crippen LogP contribution in [-0.2, 0) is 0 Å². The predicted molar refractivity (Wildman–Crippen MR) is 111 cm³/mol. The molecular formula is C22H24N4O2. The summed E-state index contributed by atoms with van der Waals surface area (Å²) in [6.07, 6.45) is 0.810. The van der Waals surface area contributed by atoms with Gasteiger partial charge in [-0.1, -0.05) is 18.2 Å². The average molecular weight is 376 g/mol. The van der Waals surface area contributed by atoms with Crippen LogP contribution in [0.2, 0.25) is 0 Å². The Morgan fingerprint density at radius 2 is 1.93 bits per heavy atom. The molecule has 28 heavy (non-hydrogen) atoms. The summed E-state index contributed by atoms with van der Waals surface area (Å²) in [7, 11) is 5.74. The molecule has 4 aromatic rings. The second-order valence-corrected chi connectivity index (χ2v) is 7.02. The molecule has 6 heteroatoms. The summed E-state index contributed by atoms with van der Waals surface area (Å²) in [5.41, 5.74) is 8.51. The van der Waals surface area contributed by atoms with Gasteiger partial charge in [0, 0.05) is 10.8 Å². The van der Waals surface area contributed by atoms with E-state index in [4.69, 9.17) is 24.9 Å². The molecule has 2 N–H and O–H groups in total. The normalized spacial score (nSPS) is 12.8. The van der Waals surface area contributed by atoms with Gasteiger partial charge < -0.3 is 19.8 Å². The fraction of sp³-hybridized carbons (Fsp3) is 0.273. The van der Waals surface area contributed by atoms with Crippen molar-refractivity contribution in [1.82, 2.24) is 14.9 Å². The molecule has 0 aliphatic heterocycles. The van der Waals surface area contributed by atoms with Gasteiger partial charge in [0.05, 0.1) is 24.4 Å². The first-order valence-electron chi connectivity index (χ1n) is 9.32. The van der Waals surface area contributed by atoms with Crippen LogP contribution in [0.15, 0.2) is 52.9 Å². The van der Waals surface area contributed by atoms with Crippen molar-refractivity contribution in [3.8, 4) is 17.3 Å². The van der Waals surface area contributed by atoms with Crippen molar-refractivity contribution in [2.75, 3.05) is 27.7 Å². The van der Waals surface area contributed by atoms with Gasteiger partial charge in [0.25, 0.3) is 0 Å². The third kappa shape index (κ3) is 3.32. The first kappa shape index (κ1) is 18.4. The van der Waals surface area contributed by atoms with Gasteiger partial charge in [-0.05, 0) is 57.4 Å². The van der Waals surface area contributed by atoms with Crippen molar-refractivity contribution in [1.29, 1.82) is 0 Å². The maximum absolute atomic E-state index is 6.04. The van der Waals surface area contributed by atoms with Crippen molar-refractivity contribution in [2.45, 2.75) is 12.5 Å². The molecule has 0 aliphatic rings. The first-order chi connectivity index (χ1) is 13.6. The number of ether oxygens (including phenoxy) is 1. The van der Waals surface area contributed by atoms with E-state index in [0.717, 1.165) is 39.7 Å². The SMILES string of the molecule is COc1ccc2oc(-c3nc(C(CCN)N(C)C)c4ccccc4n3)cc2c1. The Bertz CT molecular complexity index is 1120. The molecule has 0 radical (unpaired) electrons. The molecule has 6 nitrogen and oxygen atoms in total. The van der Waals surface area contributed by atoms with Gasteiger partial charge in [0.15, 0.2) is 11.6 Å². The zero-order valence-electron chi connectivity index (χ0n) is 16.3. The highest BCUT2D eigenvalue weighted by molar-refractivity contribution is 5.86. The third-order valence-electron chi connectivity index (χ3n) is 4.96. The Morgan fingerprint density at radius 3 is 2.68 bits per heavy atom. The second kappa shape index (κ2) is 7.58. The van der Waals surface area contributed by atoms with Crippen LogP contribution < -0.4 is 10.5 Å². The molecule has 1 atom stereocenters. The van der Waals surface area contributed by atoms with E-state index in [-0.39, 0.29) is 6.04 Å². The number of para-hydroxylation sites is 1. The number of nitrogens with two attached hydrogens (primary N) is 1. The van der Waals surface area contributed by atoms with Gasteiger partial charge in [-0.15, -0.1) is 0 Å². The minimum absolute atomic E-state index is 0.0983. The lowest BCUT2D eigenvalue weighted by molar-refractivity contribution is 0.283. The number of methoxy groups -OCH3 is 1. The maximum atomic E-state index is 6.04. The number of hydrogen-bond acceptors (Lipinski definition) is 6. The molecule has 0 fully saturated rings. The van der Waals surface area contributed by atoms with Crippen LogP contribution in [0.1, 0.15) is 18.2 Å². The Labute approximate surface area is 163 Å². The van der Waals surface area contributed by atoms with E-state index in [0.29, 0.717) is 18.1 Å². The van der Waals surface area contributed by atoms with Crippen LogP contribution in [0, 0.1) is 0 Å². The summed E-state index contributed by atoms with van der Waals surface area (Å²) >= 11 is 0. The highest BCUT2D eigenvalue weighted by atomic mass is 16.5. The molecule has 0 amide bonds. The van der Waals surface area contributed by atoms with E-state index in [1.165, 1.54) is 0 Å². The first-order valence-corrected chi connectivity index (χ1v) is 9.32. The lowest BCUT2D eigenvalue weighted by atomic mass is 10.0. The smallest absolute Gasteiger partial charge is 0.196 e. The number of nitrogens with zero attached hydrogens (tertiary/aromatic N) is 3. The summed E-state index contributed by atoms with van der Waals surface area (Å²) in [6.45, 7) is 0.584. The largest absolute Gasteiger partial charge is 0.497 e. The van der Waals surface area contributed by atoms with E-state index in [1.54, 1.807) is 7.11 Å². The number of furan rings is 1. The fourth-order valence-corrected chi connectivity index (χ4v) is 3.52. The Balaban J connectivity index is 1.90. The molecule has 2 aromatic carbocycles. The molecule has 0 spiro atoms. The highest BCUT2D eigenvalue weighted by Gasteiger charge is 2.21. The molecule has 144 valence electrons. The van der Waals surface area contributed by atoms with Gasteiger partial charge in [0.1, 0.15) is 11.3 Å². The molecule has 0 aliphatic carbocycles. The van der Waals surface area contributed by atoms with Crippen molar-refractivity contribution < 1.29 is 9.15 Å². The Morgan fingerprint density at radius 1 is 1.11 bits per heavy atom. The monoisotopic (exact) mass is 376 g/mol. The zero-order chi connectivity index (χ0) is 19.7. The van der Waals surface area contributed by atoms with Crippen LogP contribution in [0.25, 0.3) is 33.5 Å².